The second-order valence-corrected chi connectivity index (χ2v) is 6.75. The van der Waals surface area contributed by atoms with Crippen LogP contribution in [0.5, 0.6) is 11.5 Å². The topological polar surface area (TPSA) is 71.1 Å². The van der Waals surface area contributed by atoms with Crippen molar-refractivity contribution in [3.8, 4) is 22.6 Å². The van der Waals surface area contributed by atoms with E-state index in [2.05, 4.69) is 13.2 Å². The second kappa shape index (κ2) is 10.9. The lowest BCUT2D eigenvalue weighted by Gasteiger charge is -2.19. The predicted molar refractivity (Wildman–Crippen MR) is 114 cm³/mol. The summed E-state index contributed by atoms with van der Waals surface area (Å²) < 4.78 is 21.4. The minimum atomic E-state index is -0.677. The van der Waals surface area contributed by atoms with Crippen molar-refractivity contribution in [3.63, 3.8) is 0 Å². The SMILES string of the molecule is C=C(C)C(=O)OCC(COC(=O)C(=C)C)Oc1ccc(-c2ccc(OC)cc2)cc1. The molecule has 30 heavy (non-hydrogen) atoms. The van der Waals surface area contributed by atoms with Crippen LogP contribution in [0.1, 0.15) is 13.8 Å². The molecule has 0 unspecified atom stereocenters. The minimum absolute atomic E-state index is 0.0879. The summed E-state index contributed by atoms with van der Waals surface area (Å²) in [6.07, 6.45) is -0.677. The van der Waals surface area contributed by atoms with Gasteiger partial charge in [0.2, 0.25) is 0 Å². The summed E-state index contributed by atoms with van der Waals surface area (Å²) >= 11 is 0. The number of hydrogen-bond acceptors (Lipinski definition) is 6. The molecule has 0 radical (unpaired) electrons. The highest BCUT2D eigenvalue weighted by Gasteiger charge is 2.17. The maximum atomic E-state index is 11.7. The van der Waals surface area contributed by atoms with E-state index >= 15 is 0 Å². The number of esters is 2. The number of hydrogen-bond donors (Lipinski definition) is 0. The van der Waals surface area contributed by atoms with Gasteiger partial charge in [0.15, 0.2) is 6.10 Å². The first kappa shape index (κ1) is 22.7. The van der Waals surface area contributed by atoms with Crippen LogP contribution in [-0.2, 0) is 19.1 Å². The van der Waals surface area contributed by atoms with Gasteiger partial charge in [-0.3, -0.25) is 0 Å². The molecule has 2 aromatic rings. The van der Waals surface area contributed by atoms with Gasteiger partial charge in [-0.15, -0.1) is 0 Å². The van der Waals surface area contributed by atoms with Crippen LogP contribution in [0, 0.1) is 0 Å². The van der Waals surface area contributed by atoms with Gasteiger partial charge in [0, 0.05) is 11.1 Å². The molecule has 6 heteroatoms. The van der Waals surface area contributed by atoms with Crippen LogP contribution < -0.4 is 9.47 Å². The Hall–Kier alpha value is -3.54. The Labute approximate surface area is 176 Å². The van der Waals surface area contributed by atoms with Gasteiger partial charge in [0.1, 0.15) is 24.7 Å². The van der Waals surface area contributed by atoms with E-state index in [0.29, 0.717) is 5.75 Å². The lowest BCUT2D eigenvalue weighted by atomic mass is 10.1. The Morgan fingerprint density at radius 1 is 0.767 bits per heavy atom. The molecule has 0 spiro atoms. The van der Waals surface area contributed by atoms with Crippen LogP contribution >= 0.6 is 0 Å². The van der Waals surface area contributed by atoms with Crippen LogP contribution in [-0.4, -0.2) is 38.4 Å². The van der Waals surface area contributed by atoms with Crippen molar-refractivity contribution in [2.75, 3.05) is 20.3 Å². The van der Waals surface area contributed by atoms with Crippen LogP contribution in [0.3, 0.4) is 0 Å². The fourth-order valence-electron chi connectivity index (χ4n) is 2.40. The maximum Gasteiger partial charge on any atom is 0.333 e. The van der Waals surface area contributed by atoms with Crippen molar-refractivity contribution in [1.82, 2.24) is 0 Å². The summed E-state index contributed by atoms with van der Waals surface area (Å²) in [6, 6.07) is 15.1. The molecule has 0 aliphatic rings. The molecule has 0 amide bonds. The lowest BCUT2D eigenvalue weighted by Crippen LogP contribution is -2.31. The van der Waals surface area contributed by atoms with Gasteiger partial charge in [0.05, 0.1) is 7.11 Å². The number of methoxy groups -OCH3 is 1. The number of benzene rings is 2. The van der Waals surface area contributed by atoms with E-state index in [1.54, 1.807) is 33.1 Å². The van der Waals surface area contributed by atoms with Gasteiger partial charge < -0.3 is 18.9 Å². The molecule has 0 saturated carbocycles. The van der Waals surface area contributed by atoms with Crippen molar-refractivity contribution >= 4 is 11.9 Å². The van der Waals surface area contributed by atoms with Crippen LogP contribution in [0.2, 0.25) is 0 Å². The Balaban J connectivity index is 2.06. The van der Waals surface area contributed by atoms with Gasteiger partial charge in [-0.2, -0.15) is 0 Å². The fourth-order valence-corrected chi connectivity index (χ4v) is 2.40. The van der Waals surface area contributed by atoms with Gasteiger partial charge in [0.25, 0.3) is 0 Å². The summed E-state index contributed by atoms with van der Waals surface area (Å²) in [4.78, 5) is 23.4. The molecule has 0 atom stereocenters. The molecular weight excluding hydrogens is 384 g/mol. The van der Waals surface area contributed by atoms with Gasteiger partial charge in [-0.05, 0) is 49.2 Å². The van der Waals surface area contributed by atoms with Crippen molar-refractivity contribution < 1.29 is 28.5 Å². The Morgan fingerprint density at radius 3 is 1.53 bits per heavy atom. The van der Waals surface area contributed by atoms with E-state index in [-0.39, 0.29) is 24.4 Å². The smallest absolute Gasteiger partial charge is 0.333 e. The molecule has 0 fully saturated rings. The van der Waals surface area contributed by atoms with Crippen LogP contribution in [0.25, 0.3) is 11.1 Å². The minimum Gasteiger partial charge on any atom is -0.497 e. The largest absolute Gasteiger partial charge is 0.497 e. The van der Waals surface area contributed by atoms with Crippen molar-refractivity contribution in [2.45, 2.75) is 20.0 Å². The van der Waals surface area contributed by atoms with Crippen molar-refractivity contribution in [3.05, 3.63) is 72.8 Å². The summed E-state index contributed by atoms with van der Waals surface area (Å²) in [7, 11) is 1.62. The molecule has 2 aromatic carbocycles. The van der Waals surface area contributed by atoms with E-state index in [9.17, 15) is 9.59 Å². The molecule has 2 rings (SSSR count). The molecular formula is C24H26O6. The lowest BCUT2D eigenvalue weighted by molar-refractivity contribution is -0.146. The normalized spacial score (nSPS) is 10.3. The predicted octanol–water partition coefficient (Wildman–Crippen LogP) is 4.35. The summed E-state index contributed by atoms with van der Waals surface area (Å²) in [5.74, 6) is 0.263. The zero-order valence-corrected chi connectivity index (χ0v) is 17.5. The Morgan fingerprint density at radius 2 is 1.17 bits per heavy atom. The monoisotopic (exact) mass is 410 g/mol. The average molecular weight is 410 g/mol. The quantitative estimate of drug-likeness (QED) is 0.428. The number of carbonyl (C=O) groups excluding carboxylic acids is 2. The zero-order chi connectivity index (χ0) is 22.1. The number of rotatable bonds is 10. The van der Waals surface area contributed by atoms with Crippen LogP contribution in [0.15, 0.2) is 72.8 Å². The van der Waals surface area contributed by atoms with Crippen LogP contribution in [0.4, 0.5) is 0 Å². The third-order valence-corrected chi connectivity index (χ3v) is 4.08. The first-order valence-corrected chi connectivity index (χ1v) is 9.36. The number of ether oxygens (including phenoxy) is 4. The van der Waals surface area contributed by atoms with E-state index in [1.165, 1.54) is 0 Å². The average Bonchev–Trinajstić information content (AvgIpc) is 2.75. The highest BCUT2D eigenvalue weighted by Crippen LogP contribution is 2.25. The number of carbonyl (C=O) groups is 2. The summed E-state index contributed by atoms with van der Waals surface area (Å²) in [5.41, 5.74) is 2.58. The Bertz CT molecular complexity index is 866. The standard InChI is InChI=1S/C24H26O6/c1-16(2)23(25)28-14-22(15-29-24(26)17(3)4)30-21-12-8-19(9-13-21)18-6-10-20(27-5)11-7-18/h6-13,22H,1,3,14-15H2,2,4-5H3. The third kappa shape index (κ3) is 6.81. The fraction of sp³-hybridized carbons (Fsp3) is 0.250. The molecule has 0 aromatic heterocycles. The van der Waals surface area contributed by atoms with E-state index in [0.717, 1.165) is 16.9 Å². The second-order valence-electron chi connectivity index (χ2n) is 6.75. The molecule has 158 valence electrons. The van der Waals surface area contributed by atoms with Gasteiger partial charge in [-0.1, -0.05) is 37.4 Å². The van der Waals surface area contributed by atoms with E-state index in [4.69, 9.17) is 18.9 Å². The summed E-state index contributed by atoms with van der Waals surface area (Å²) in [5, 5.41) is 0. The van der Waals surface area contributed by atoms with Crippen molar-refractivity contribution in [1.29, 1.82) is 0 Å². The van der Waals surface area contributed by atoms with Gasteiger partial charge >= 0.3 is 11.9 Å². The summed E-state index contributed by atoms with van der Waals surface area (Å²) in [6.45, 7) is 10.0. The highest BCUT2D eigenvalue weighted by atomic mass is 16.6. The van der Waals surface area contributed by atoms with Crippen molar-refractivity contribution in [2.24, 2.45) is 0 Å². The molecule has 6 nitrogen and oxygen atoms in total. The molecule has 0 heterocycles. The molecule has 0 N–H and O–H groups in total. The van der Waals surface area contributed by atoms with E-state index < -0.39 is 18.0 Å². The van der Waals surface area contributed by atoms with Gasteiger partial charge in [-0.25, -0.2) is 9.59 Å². The Kier molecular flexibility index (Phi) is 8.23. The van der Waals surface area contributed by atoms with E-state index in [1.807, 2.05) is 36.4 Å². The maximum absolute atomic E-state index is 11.7. The first-order chi connectivity index (χ1) is 14.3. The third-order valence-electron chi connectivity index (χ3n) is 4.08. The highest BCUT2D eigenvalue weighted by molar-refractivity contribution is 5.87. The zero-order valence-electron chi connectivity index (χ0n) is 17.5. The molecule has 0 aliphatic carbocycles. The first-order valence-electron chi connectivity index (χ1n) is 9.36. The molecule has 0 saturated heterocycles. The molecule has 0 bridgehead atoms. The molecule has 0 aliphatic heterocycles.